The third kappa shape index (κ3) is 5.35. The van der Waals surface area contributed by atoms with Crippen LogP contribution in [0, 0.1) is 0 Å². The van der Waals surface area contributed by atoms with Gasteiger partial charge in [-0.15, -0.1) is 0 Å². The van der Waals surface area contributed by atoms with Crippen LogP contribution in [0.3, 0.4) is 0 Å². The molecule has 2 rings (SSSR count). The van der Waals surface area contributed by atoms with Crippen LogP contribution < -0.4 is 5.32 Å². The molecule has 118 valence electrons. The van der Waals surface area contributed by atoms with Crippen LogP contribution >= 0.6 is 0 Å². The molecule has 1 heterocycles. The first kappa shape index (κ1) is 17.4. The maximum atomic E-state index is 10.7. The van der Waals surface area contributed by atoms with Crippen LogP contribution in [0.25, 0.3) is 0 Å². The Hall–Kier alpha value is -1.61. The average Bonchev–Trinajstić information content (AvgIpc) is 2.39. The Labute approximate surface area is 120 Å². The molecule has 0 saturated carbocycles. The summed E-state index contributed by atoms with van der Waals surface area (Å²) in [5.74, 6) is 1.26. The smallest absolute Gasteiger partial charge is 0.485 e. The Morgan fingerprint density at radius 1 is 1.24 bits per heavy atom. The highest BCUT2D eigenvalue weighted by atomic mass is 32.2. The second kappa shape index (κ2) is 6.90. The zero-order valence-corrected chi connectivity index (χ0v) is 12.0. The molecule has 0 aliphatic carbocycles. The minimum Gasteiger partial charge on any atom is -0.741 e. The zero-order valence-electron chi connectivity index (χ0n) is 11.2. The molecule has 0 fully saturated rings. The van der Waals surface area contributed by atoms with Crippen molar-refractivity contribution in [3.8, 4) is 0 Å². The summed E-state index contributed by atoms with van der Waals surface area (Å²) in [5, 5.41) is 3.43. The van der Waals surface area contributed by atoms with E-state index in [4.69, 9.17) is 13.0 Å². The minimum atomic E-state index is -6.09. The van der Waals surface area contributed by atoms with Gasteiger partial charge in [-0.05, 0) is 12.1 Å². The molecule has 9 heteroatoms. The van der Waals surface area contributed by atoms with Gasteiger partial charge in [0.1, 0.15) is 0 Å². The van der Waals surface area contributed by atoms with Gasteiger partial charge in [-0.25, -0.2) is 8.42 Å². The van der Waals surface area contributed by atoms with Crippen LogP contribution in [0.2, 0.25) is 0 Å². The number of amidine groups is 1. The van der Waals surface area contributed by atoms with Gasteiger partial charge in [0.15, 0.2) is 10.1 Å². The van der Waals surface area contributed by atoms with E-state index >= 15 is 0 Å². The van der Waals surface area contributed by atoms with Gasteiger partial charge in [0.25, 0.3) is 5.84 Å². The maximum Gasteiger partial charge on any atom is 0.485 e. The quantitative estimate of drug-likeness (QED) is 0.477. The Balaban J connectivity index is 0.000000240. The minimum absolute atomic E-state index is 1.09. The van der Waals surface area contributed by atoms with E-state index in [1.807, 2.05) is 6.07 Å². The first-order chi connectivity index (χ1) is 9.63. The van der Waals surface area contributed by atoms with Crippen molar-refractivity contribution in [3.05, 3.63) is 35.9 Å². The fourth-order valence-corrected chi connectivity index (χ4v) is 1.69. The number of halogens is 3. The molecular formula is C12H15F3N2O3S. The van der Waals surface area contributed by atoms with Crippen LogP contribution in [0.1, 0.15) is 12.0 Å². The molecule has 1 aromatic rings. The lowest BCUT2D eigenvalue weighted by Crippen LogP contribution is -2.39. The van der Waals surface area contributed by atoms with Gasteiger partial charge >= 0.3 is 5.51 Å². The summed E-state index contributed by atoms with van der Waals surface area (Å²) < 4.78 is 61.2. The Morgan fingerprint density at radius 2 is 1.76 bits per heavy atom. The van der Waals surface area contributed by atoms with E-state index in [-0.39, 0.29) is 0 Å². The number of rotatable bonds is 1. The molecular weight excluding hydrogens is 309 g/mol. The highest BCUT2D eigenvalue weighted by Gasteiger charge is 2.36. The predicted molar refractivity (Wildman–Crippen MR) is 70.0 cm³/mol. The Bertz CT molecular complexity index is 598. The first-order valence-electron chi connectivity index (χ1n) is 6.02. The number of alkyl halides is 3. The van der Waals surface area contributed by atoms with Gasteiger partial charge in [0.05, 0.1) is 25.7 Å². The summed E-state index contributed by atoms with van der Waals surface area (Å²) in [6.07, 6.45) is 1.23. The maximum absolute atomic E-state index is 10.7. The van der Waals surface area contributed by atoms with Crippen molar-refractivity contribution in [2.24, 2.45) is 0 Å². The number of nitrogens with one attached hydrogen (secondary N) is 1. The summed E-state index contributed by atoms with van der Waals surface area (Å²) in [7, 11) is -3.96. The number of nitrogens with zero attached hydrogens (tertiary/aromatic N) is 1. The number of benzene rings is 1. The van der Waals surface area contributed by atoms with Crippen LogP contribution in [0.4, 0.5) is 13.2 Å². The molecule has 1 N–H and O–H groups in total. The summed E-state index contributed by atoms with van der Waals surface area (Å²) in [6.45, 7) is 2.24. The second-order valence-corrected chi connectivity index (χ2v) is 5.69. The van der Waals surface area contributed by atoms with E-state index in [2.05, 4.69) is 41.2 Å². The third-order valence-electron chi connectivity index (χ3n) is 2.68. The van der Waals surface area contributed by atoms with Crippen molar-refractivity contribution >= 4 is 16.0 Å². The summed E-state index contributed by atoms with van der Waals surface area (Å²) >= 11 is 0. The zero-order chi connectivity index (χ0) is 16.1. The molecule has 21 heavy (non-hydrogen) atoms. The topological polar surface area (TPSA) is 72.2 Å². The van der Waals surface area contributed by atoms with E-state index in [1.54, 1.807) is 0 Å². The van der Waals surface area contributed by atoms with E-state index in [0.717, 1.165) is 13.1 Å². The van der Waals surface area contributed by atoms with Gasteiger partial charge in [0, 0.05) is 6.42 Å². The molecule has 5 nitrogen and oxygen atoms in total. The molecule has 1 aliphatic heterocycles. The lowest BCUT2D eigenvalue weighted by molar-refractivity contribution is -0.503. The van der Waals surface area contributed by atoms with Crippen LogP contribution in [-0.4, -0.2) is 49.0 Å². The molecule has 0 bridgehead atoms. The lowest BCUT2D eigenvalue weighted by atomic mass is 10.2. The van der Waals surface area contributed by atoms with Crippen molar-refractivity contribution in [1.82, 2.24) is 5.32 Å². The molecule has 0 atom stereocenters. The monoisotopic (exact) mass is 324 g/mol. The molecule has 0 spiro atoms. The lowest BCUT2D eigenvalue weighted by Gasteiger charge is -2.13. The second-order valence-electron chi connectivity index (χ2n) is 4.32. The molecule has 0 saturated heterocycles. The van der Waals surface area contributed by atoms with Crippen molar-refractivity contribution in [1.29, 1.82) is 0 Å². The fraction of sp³-hybridized carbons (Fsp3) is 0.417. The fourth-order valence-electron chi connectivity index (χ4n) is 1.69. The van der Waals surface area contributed by atoms with Crippen molar-refractivity contribution in [2.75, 3.05) is 20.1 Å². The van der Waals surface area contributed by atoms with E-state index < -0.39 is 15.6 Å². The van der Waals surface area contributed by atoms with Crippen molar-refractivity contribution < 1.29 is 30.7 Å². The molecule has 1 aliphatic rings. The van der Waals surface area contributed by atoms with Crippen molar-refractivity contribution in [2.45, 2.75) is 11.9 Å². The first-order valence-corrected chi connectivity index (χ1v) is 7.43. The Morgan fingerprint density at radius 3 is 2.19 bits per heavy atom. The SMILES string of the molecule is C[N+]1=C(c2ccccc2)NCCC1.O=S(=O)([O-])C(F)(F)F. The van der Waals surface area contributed by atoms with Gasteiger partial charge in [0.2, 0.25) is 0 Å². The normalized spacial score (nSPS) is 15.9. The predicted octanol–water partition coefficient (Wildman–Crippen LogP) is 1.12. The molecule has 0 aromatic heterocycles. The number of hydrogen-bond donors (Lipinski definition) is 1. The highest BCUT2D eigenvalue weighted by molar-refractivity contribution is 7.86. The summed E-state index contributed by atoms with van der Waals surface area (Å²) in [5.41, 5.74) is -4.36. The third-order valence-corrected chi connectivity index (χ3v) is 3.24. The average molecular weight is 324 g/mol. The van der Waals surface area contributed by atoms with Gasteiger partial charge in [-0.3, -0.25) is 9.89 Å². The van der Waals surface area contributed by atoms with E-state index in [9.17, 15) is 13.2 Å². The van der Waals surface area contributed by atoms with Crippen LogP contribution in [0.5, 0.6) is 0 Å². The Kier molecular flexibility index (Phi) is 5.73. The van der Waals surface area contributed by atoms with Gasteiger partial charge in [-0.2, -0.15) is 13.2 Å². The number of hydrogen-bond acceptors (Lipinski definition) is 4. The summed E-state index contributed by atoms with van der Waals surface area (Å²) in [6, 6.07) is 10.5. The van der Waals surface area contributed by atoms with E-state index in [0.29, 0.717) is 0 Å². The highest BCUT2D eigenvalue weighted by Crippen LogP contribution is 2.20. The largest absolute Gasteiger partial charge is 0.741 e. The van der Waals surface area contributed by atoms with Crippen LogP contribution in [-0.2, 0) is 10.1 Å². The molecule has 0 unspecified atom stereocenters. The van der Waals surface area contributed by atoms with Gasteiger partial charge in [-0.1, -0.05) is 18.2 Å². The van der Waals surface area contributed by atoms with Crippen molar-refractivity contribution in [3.63, 3.8) is 0 Å². The standard InChI is InChI=1S/C11H14N2.CHF3O3S/c1-13-9-5-8-12-11(13)10-6-3-2-4-7-10;2-1(3,4)8(5,6)7/h2-4,6-7H,5,8-9H2,1H3;(H,5,6,7). The summed E-state index contributed by atoms with van der Waals surface area (Å²) in [4.78, 5) is 0. The molecule has 0 radical (unpaired) electrons. The van der Waals surface area contributed by atoms with Crippen LogP contribution in [0.15, 0.2) is 30.3 Å². The molecule has 0 amide bonds. The molecule has 1 aromatic carbocycles. The van der Waals surface area contributed by atoms with E-state index in [1.165, 1.54) is 17.8 Å². The van der Waals surface area contributed by atoms with Gasteiger partial charge < -0.3 is 4.55 Å².